The molecule has 0 spiro atoms. The topological polar surface area (TPSA) is 106 Å². The quantitative estimate of drug-likeness (QED) is 0.736. The highest BCUT2D eigenvalue weighted by molar-refractivity contribution is 5.89. The van der Waals surface area contributed by atoms with Gasteiger partial charge in [-0.05, 0) is 18.1 Å². The van der Waals surface area contributed by atoms with E-state index in [2.05, 4.69) is 39.3 Å². The Kier molecular flexibility index (Phi) is 4.37. The van der Waals surface area contributed by atoms with Crippen molar-refractivity contribution in [3.63, 3.8) is 0 Å². The molecule has 1 aromatic carbocycles. The predicted molar refractivity (Wildman–Crippen MR) is 89.6 cm³/mol. The summed E-state index contributed by atoms with van der Waals surface area (Å²) in [6.45, 7) is 3.99. The Morgan fingerprint density at radius 3 is 2.92 bits per heavy atom. The summed E-state index contributed by atoms with van der Waals surface area (Å²) in [7, 11) is 0. The second-order valence-corrected chi connectivity index (χ2v) is 5.95. The van der Waals surface area contributed by atoms with Crippen molar-refractivity contribution >= 4 is 22.8 Å². The molecule has 2 heterocycles. The molecule has 0 atom stereocenters. The Hall–Kier alpha value is -3.03. The molecule has 3 aromatic rings. The van der Waals surface area contributed by atoms with Gasteiger partial charge in [0, 0.05) is 6.42 Å². The second-order valence-electron chi connectivity index (χ2n) is 5.95. The van der Waals surface area contributed by atoms with E-state index in [1.807, 2.05) is 6.07 Å². The number of fused-ring (bicyclic) bond motifs is 1. The number of nitrogens with zero attached hydrogens (tertiary/aromatic N) is 4. The van der Waals surface area contributed by atoms with Gasteiger partial charge >= 0.3 is 0 Å². The molecule has 2 N–H and O–H groups in total. The fourth-order valence-corrected chi connectivity index (χ4v) is 2.37. The molecule has 0 saturated heterocycles. The number of nitrogens with one attached hydrogen (secondary N) is 2. The Balaban J connectivity index is 1.72. The highest BCUT2D eigenvalue weighted by Crippen LogP contribution is 2.06. The SMILES string of the molecule is CC(C)Cc1nc(NC(=O)Cn2cnc3ccccc3c2=O)n[nH]1. The number of hydrogen-bond acceptors (Lipinski definition) is 5. The summed E-state index contributed by atoms with van der Waals surface area (Å²) in [6.07, 6.45) is 2.11. The first-order valence-electron chi connectivity index (χ1n) is 7.68. The number of benzene rings is 1. The number of amides is 1. The van der Waals surface area contributed by atoms with E-state index in [0.29, 0.717) is 22.6 Å². The van der Waals surface area contributed by atoms with Crippen molar-refractivity contribution in [3.8, 4) is 0 Å². The summed E-state index contributed by atoms with van der Waals surface area (Å²) in [5, 5.41) is 9.79. The van der Waals surface area contributed by atoms with Gasteiger partial charge < -0.3 is 0 Å². The Morgan fingerprint density at radius 2 is 2.12 bits per heavy atom. The molecule has 2 aromatic heterocycles. The van der Waals surface area contributed by atoms with Crippen LogP contribution in [0.3, 0.4) is 0 Å². The van der Waals surface area contributed by atoms with Crippen molar-refractivity contribution in [3.05, 3.63) is 46.8 Å². The molecule has 8 nitrogen and oxygen atoms in total. The van der Waals surface area contributed by atoms with Gasteiger partial charge in [0.05, 0.1) is 17.2 Å². The average molecular weight is 326 g/mol. The smallest absolute Gasteiger partial charge is 0.261 e. The third kappa shape index (κ3) is 3.48. The van der Waals surface area contributed by atoms with Crippen LogP contribution < -0.4 is 10.9 Å². The van der Waals surface area contributed by atoms with Crippen molar-refractivity contribution < 1.29 is 4.79 Å². The number of carbonyl (C=O) groups excluding carboxylic acids is 1. The van der Waals surface area contributed by atoms with Crippen LogP contribution in [-0.4, -0.2) is 30.6 Å². The van der Waals surface area contributed by atoms with Crippen LogP contribution in [0.5, 0.6) is 0 Å². The number of H-pyrrole nitrogens is 1. The summed E-state index contributed by atoms with van der Waals surface area (Å²) >= 11 is 0. The lowest BCUT2D eigenvalue weighted by Gasteiger charge is -2.05. The van der Waals surface area contributed by atoms with Crippen LogP contribution >= 0.6 is 0 Å². The van der Waals surface area contributed by atoms with E-state index in [-0.39, 0.29) is 24.0 Å². The highest BCUT2D eigenvalue weighted by atomic mass is 16.2. The molecule has 1 amide bonds. The number of hydrogen-bond donors (Lipinski definition) is 2. The summed E-state index contributed by atoms with van der Waals surface area (Å²) in [5.74, 6) is 0.968. The lowest BCUT2D eigenvalue weighted by molar-refractivity contribution is -0.116. The summed E-state index contributed by atoms with van der Waals surface area (Å²) in [5.41, 5.74) is 0.345. The standard InChI is InChI=1S/C16H18N6O2/c1-10(2)7-13-18-16(21-20-13)19-14(23)8-22-9-17-12-6-4-3-5-11(12)15(22)24/h3-6,9-10H,7-8H2,1-2H3,(H2,18,19,20,21,23). The van der Waals surface area contributed by atoms with Gasteiger partial charge in [-0.15, -0.1) is 5.10 Å². The maximum atomic E-state index is 12.3. The molecule has 124 valence electrons. The van der Waals surface area contributed by atoms with Gasteiger partial charge in [-0.25, -0.2) is 4.98 Å². The lowest BCUT2D eigenvalue weighted by atomic mass is 10.1. The molecule has 24 heavy (non-hydrogen) atoms. The van der Waals surface area contributed by atoms with E-state index in [9.17, 15) is 9.59 Å². The fraction of sp³-hybridized carbons (Fsp3) is 0.312. The van der Waals surface area contributed by atoms with Gasteiger partial charge in [-0.2, -0.15) is 4.98 Å². The summed E-state index contributed by atoms with van der Waals surface area (Å²) in [6, 6.07) is 7.01. The molecule has 8 heteroatoms. The third-order valence-electron chi connectivity index (χ3n) is 3.43. The number of aromatic amines is 1. The second kappa shape index (κ2) is 6.61. The van der Waals surface area contributed by atoms with Crippen LogP contribution in [0.25, 0.3) is 10.9 Å². The molecule has 3 rings (SSSR count). The van der Waals surface area contributed by atoms with E-state index in [0.717, 1.165) is 6.42 Å². The van der Waals surface area contributed by atoms with Gasteiger partial charge in [0.25, 0.3) is 5.56 Å². The highest BCUT2D eigenvalue weighted by Gasteiger charge is 2.11. The molecule has 0 radical (unpaired) electrons. The molecular formula is C16H18N6O2. The normalized spacial score (nSPS) is 11.1. The predicted octanol–water partition coefficient (Wildman–Crippen LogP) is 1.35. The maximum absolute atomic E-state index is 12.3. The van der Waals surface area contributed by atoms with Crippen molar-refractivity contribution in [1.82, 2.24) is 24.7 Å². The minimum Gasteiger partial charge on any atom is -0.292 e. The van der Waals surface area contributed by atoms with Crippen molar-refractivity contribution in [1.29, 1.82) is 0 Å². The number of rotatable bonds is 5. The van der Waals surface area contributed by atoms with Crippen LogP contribution in [0.1, 0.15) is 19.7 Å². The molecule has 0 fully saturated rings. The molecular weight excluding hydrogens is 308 g/mol. The van der Waals surface area contributed by atoms with Crippen molar-refractivity contribution in [2.24, 2.45) is 5.92 Å². The Labute approximate surface area is 137 Å². The van der Waals surface area contributed by atoms with Crippen LogP contribution in [0.2, 0.25) is 0 Å². The largest absolute Gasteiger partial charge is 0.292 e. The number of carbonyl (C=O) groups is 1. The van der Waals surface area contributed by atoms with Gasteiger partial charge in [-0.1, -0.05) is 26.0 Å². The first-order valence-corrected chi connectivity index (χ1v) is 7.68. The zero-order chi connectivity index (χ0) is 17.1. The van der Waals surface area contributed by atoms with E-state index < -0.39 is 0 Å². The zero-order valence-corrected chi connectivity index (χ0v) is 13.5. The minimum atomic E-state index is -0.385. The Morgan fingerprint density at radius 1 is 1.33 bits per heavy atom. The van der Waals surface area contributed by atoms with Crippen LogP contribution in [0.15, 0.2) is 35.4 Å². The zero-order valence-electron chi connectivity index (χ0n) is 13.5. The van der Waals surface area contributed by atoms with E-state index in [1.165, 1.54) is 10.9 Å². The summed E-state index contributed by atoms with van der Waals surface area (Å²) < 4.78 is 1.26. The third-order valence-corrected chi connectivity index (χ3v) is 3.43. The molecule has 0 unspecified atom stereocenters. The number of para-hydroxylation sites is 1. The number of anilines is 1. The molecule has 0 aliphatic rings. The van der Waals surface area contributed by atoms with Gasteiger partial charge in [0.15, 0.2) is 0 Å². The van der Waals surface area contributed by atoms with Crippen LogP contribution in [0.4, 0.5) is 5.95 Å². The van der Waals surface area contributed by atoms with E-state index in [4.69, 9.17) is 0 Å². The van der Waals surface area contributed by atoms with Crippen LogP contribution in [0, 0.1) is 5.92 Å². The molecule has 0 aliphatic carbocycles. The van der Waals surface area contributed by atoms with E-state index >= 15 is 0 Å². The van der Waals surface area contributed by atoms with Gasteiger partial charge in [0.2, 0.25) is 11.9 Å². The lowest BCUT2D eigenvalue weighted by Crippen LogP contribution is -2.28. The van der Waals surface area contributed by atoms with Crippen molar-refractivity contribution in [2.75, 3.05) is 5.32 Å². The van der Waals surface area contributed by atoms with E-state index in [1.54, 1.807) is 18.2 Å². The summed E-state index contributed by atoms with van der Waals surface area (Å²) in [4.78, 5) is 32.8. The molecule has 0 aliphatic heterocycles. The molecule has 0 bridgehead atoms. The minimum absolute atomic E-state index is 0.148. The fourth-order valence-electron chi connectivity index (χ4n) is 2.37. The number of aromatic nitrogens is 5. The Bertz CT molecular complexity index is 927. The molecule has 0 saturated carbocycles. The average Bonchev–Trinajstić information content (AvgIpc) is 2.96. The van der Waals surface area contributed by atoms with Gasteiger partial charge in [0.1, 0.15) is 12.4 Å². The maximum Gasteiger partial charge on any atom is 0.261 e. The van der Waals surface area contributed by atoms with Crippen LogP contribution in [-0.2, 0) is 17.8 Å². The van der Waals surface area contributed by atoms with Gasteiger partial charge in [-0.3, -0.25) is 24.6 Å². The van der Waals surface area contributed by atoms with Crippen molar-refractivity contribution in [2.45, 2.75) is 26.8 Å². The monoisotopic (exact) mass is 326 g/mol. The first kappa shape index (κ1) is 15.9. The first-order chi connectivity index (χ1) is 11.5.